The third kappa shape index (κ3) is 3.48. The van der Waals surface area contributed by atoms with E-state index in [9.17, 15) is 9.59 Å². The van der Waals surface area contributed by atoms with Crippen LogP contribution in [-0.2, 0) is 4.79 Å². The molecule has 6 heteroatoms. The van der Waals surface area contributed by atoms with Crippen LogP contribution in [-0.4, -0.2) is 66.4 Å². The van der Waals surface area contributed by atoms with Crippen molar-refractivity contribution in [3.63, 3.8) is 0 Å². The number of likely N-dealkylation sites (N-methyl/N-ethyl adjacent to an activating group) is 1. The summed E-state index contributed by atoms with van der Waals surface area (Å²) in [6, 6.07) is 11.2. The van der Waals surface area contributed by atoms with Gasteiger partial charge >= 0.3 is 0 Å². The molecule has 1 aromatic carbocycles. The van der Waals surface area contributed by atoms with Crippen LogP contribution in [0, 0.1) is 0 Å². The summed E-state index contributed by atoms with van der Waals surface area (Å²) in [6.45, 7) is 3.06. The summed E-state index contributed by atoms with van der Waals surface area (Å²) < 4.78 is 0. The Hall–Kier alpha value is -2.47. The second-order valence-corrected chi connectivity index (χ2v) is 5.68. The number of aromatic nitrogens is 1. The van der Waals surface area contributed by atoms with Crippen LogP contribution < -0.4 is 5.32 Å². The highest BCUT2D eigenvalue weighted by Crippen LogP contribution is 2.12. The van der Waals surface area contributed by atoms with Gasteiger partial charge < -0.3 is 15.1 Å². The van der Waals surface area contributed by atoms with E-state index in [1.807, 2.05) is 30.3 Å². The van der Waals surface area contributed by atoms with E-state index in [-0.39, 0.29) is 18.4 Å². The molecule has 120 valence electrons. The Morgan fingerprint density at radius 1 is 1.17 bits per heavy atom. The van der Waals surface area contributed by atoms with Gasteiger partial charge in [-0.05, 0) is 12.1 Å². The average molecular weight is 312 g/mol. The molecule has 1 fully saturated rings. The van der Waals surface area contributed by atoms with Gasteiger partial charge in [0.2, 0.25) is 5.91 Å². The minimum atomic E-state index is -0.237. The zero-order chi connectivity index (χ0) is 16.2. The Bertz CT molecular complexity index is 725. The number of amides is 2. The lowest BCUT2D eigenvalue weighted by molar-refractivity contribution is -0.132. The number of nitrogens with zero attached hydrogens (tertiary/aromatic N) is 3. The SMILES string of the molecule is CN(CC(=O)N1CCNCC1)C(=O)c1ccc2ccccc2n1. The lowest BCUT2D eigenvalue weighted by Crippen LogP contribution is -2.49. The minimum absolute atomic E-state index is 0.0249. The Labute approximate surface area is 135 Å². The van der Waals surface area contributed by atoms with Gasteiger partial charge in [0.15, 0.2) is 0 Å². The summed E-state index contributed by atoms with van der Waals surface area (Å²) in [5.74, 6) is -0.262. The smallest absolute Gasteiger partial charge is 0.272 e. The predicted molar refractivity (Wildman–Crippen MR) is 88.2 cm³/mol. The maximum Gasteiger partial charge on any atom is 0.272 e. The topological polar surface area (TPSA) is 65.5 Å². The van der Waals surface area contributed by atoms with E-state index in [4.69, 9.17) is 0 Å². The van der Waals surface area contributed by atoms with E-state index >= 15 is 0 Å². The van der Waals surface area contributed by atoms with Crippen LogP contribution in [0.5, 0.6) is 0 Å². The number of rotatable bonds is 3. The van der Waals surface area contributed by atoms with Gasteiger partial charge in [0.25, 0.3) is 5.91 Å². The van der Waals surface area contributed by atoms with Crippen molar-refractivity contribution in [3.8, 4) is 0 Å². The molecule has 1 saturated heterocycles. The maximum absolute atomic E-state index is 12.5. The Morgan fingerprint density at radius 2 is 1.91 bits per heavy atom. The Kier molecular flexibility index (Phi) is 4.52. The fourth-order valence-electron chi connectivity index (χ4n) is 2.67. The number of carbonyl (C=O) groups is 2. The molecule has 3 rings (SSSR count). The third-order valence-corrected chi connectivity index (χ3v) is 4.01. The number of benzene rings is 1. The first-order valence-electron chi connectivity index (χ1n) is 7.75. The van der Waals surface area contributed by atoms with E-state index in [0.29, 0.717) is 18.8 Å². The first kappa shape index (κ1) is 15.4. The molecule has 0 radical (unpaired) electrons. The van der Waals surface area contributed by atoms with Gasteiger partial charge in [0, 0.05) is 38.6 Å². The summed E-state index contributed by atoms with van der Waals surface area (Å²) in [5.41, 5.74) is 1.14. The molecule has 23 heavy (non-hydrogen) atoms. The molecule has 0 spiro atoms. The minimum Gasteiger partial charge on any atom is -0.339 e. The summed E-state index contributed by atoms with van der Waals surface area (Å²) in [4.78, 5) is 32.3. The molecule has 6 nitrogen and oxygen atoms in total. The number of piperazine rings is 1. The van der Waals surface area contributed by atoms with Crippen molar-refractivity contribution in [1.82, 2.24) is 20.1 Å². The van der Waals surface area contributed by atoms with Crippen molar-refractivity contribution < 1.29 is 9.59 Å². The molecule has 1 aromatic heterocycles. The van der Waals surface area contributed by atoms with Crippen LogP contribution in [0.1, 0.15) is 10.5 Å². The normalized spacial score (nSPS) is 14.7. The highest BCUT2D eigenvalue weighted by molar-refractivity contribution is 5.96. The summed E-state index contributed by atoms with van der Waals surface area (Å²) in [7, 11) is 1.64. The number of nitrogens with one attached hydrogen (secondary N) is 1. The highest BCUT2D eigenvalue weighted by Gasteiger charge is 2.21. The van der Waals surface area contributed by atoms with Crippen LogP contribution in [0.3, 0.4) is 0 Å². The zero-order valence-corrected chi connectivity index (χ0v) is 13.2. The number of hydrogen-bond acceptors (Lipinski definition) is 4. The number of carbonyl (C=O) groups excluding carboxylic acids is 2. The van der Waals surface area contributed by atoms with Crippen LogP contribution in [0.25, 0.3) is 10.9 Å². The summed E-state index contributed by atoms with van der Waals surface area (Å²) in [6.07, 6.45) is 0. The van der Waals surface area contributed by atoms with Crippen molar-refractivity contribution in [2.24, 2.45) is 0 Å². The number of hydrogen-bond donors (Lipinski definition) is 1. The van der Waals surface area contributed by atoms with E-state index in [2.05, 4.69) is 10.3 Å². The van der Waals surface area contributed by atoms with Crippen LogP contribution in [0.2, 0.25) is 0 Å². The molecule has 0 bridgehead atoms. The van der Waals surface area contributed by atoms with Crippen LogP contribution in [0.15, 0.2) is 36.4 Å². The molecule has 2 aromatic rings. The largest absolute Gasteiger partial charge is 0.339 e. The first-order chi connectivity index (χ1) is 11.1. The Balaban J connectivity index is 1.69. The number of para-hydroxylation sites is 1. The molecule has 0 aliphatic carbocycles. The van der Waals surface area contributed by atoms with Gasteiger partial charge in [0.1, 0.15) is 5.69 Å². The van der Waals surface area contributed by atoms with E-state index in [0.717, 1.165) is 24.0 Å². The molecule has 0 atom stereocenters. The van der Waals surface area contributed by atoms with Crippen molar-refractivity contribution in [3.05, 3.63) is 42.1 Å². The summed E-state index contributed by atoms with van der Waals surface area (Å²) in [5, 5.41) is 4.19. The van der Waals surface area contributed by atoms with E-state index in [1.165, 1.54) is 4.90 Å². The first-order valence-corrected chi connectivity index (χ1v) is 7.75. The van der Waals surface area contributed by atoms with Gasteiger partial charge in [-0.15, -0.1) is 0 Å². The quantitative estimate of drug-likeness (QED) is 0.908. The Morgan fingerprint density at radius 3 is 2.70 bits per heavy atom. The molecule has 1 aliphatic rings. The molecular formula is C17H20N4O2. The van der Waals surface area contributed by atoms with Gasteiger partial charge in [-0.1, -0.05) is 24.3 Å². The second kappa shape index (κ2) is 6.75. The maximum atomic E-state index is 12.5. The molecule has 0 saturated carbocycles. The van der Waals surface area contributed by atoms with Gasteiger partial charge in [-0.3, -0.25) is 9.59 Å². The zero-order valence-electron chi connectivity index (χ0n) is 13.2. The van der Waals surface area contributed by atoms with Crippen LogP contribution in [0.4, 0.5) is 0 Å². The van der Waals surface area contributed by atoms with Gasteiger partial charge in [0.05, 0.1) is 12.1 Å². The van der Waals surface area contributed by atoms with Gasteiger partial charge in [-0.2, -0.15) is 0 Å². The third-order valence-electron chi connectivity index (χ3n) is 4.01. The van der Waals surface area contributed by atoms with E-state index in [1.54, 1.807) is 18.0 Å². The second-order valence-electron chi connectivity index (χ2n) is 5.68. The highest BCUT2D eigenvalue weighted by atomic mass is 16.2. The molecular weight excluding hydrogens is 292 g/mol. The van der Waals surface area contributed by atoms with Crippen molar-refractivity contribution in [2.75, 3.05) is 39.8 Å². The fraction of sp³-hybridized carbons (Fsp3) is 0.353. The number of fused-ring (bicyclic) bond motifs is 1. The van der Waals surface area contributed by atoms with Crippen LogP contribution >= 0.6 is 0 Å². The van der Waals surface area contributed by atoms with Crippen molar-refractivity contribution in [2.45, 2.75) is 0 Å². The standard InChI is InChI=1S/C17H20N4O2/c1-20(12-16(22)21-10-8-18-9-11-21)17(23)15-7-6-13-4-2-3-5-14(13)19-15/h2-7,18H,8-12H2,1H3. The number of pyridine rings is 1. The summed E-state index contributed by atoms with van der Waals surface area (Å²) >= 11 is 0. The van der Waals surface area contributed by atoms with Crippen molar-refractivity contribution >= 4 is 22.7 Å². The fourth-order valence-corrected chi connectivity index (χ4v) is 2.67. The molecule has 2 amide bonds. The lowest BCUT2D eigenvalue weighted by Gasteiger charge is -2.29. The molecule has 1 N–H and O–H groups in total. The lowest BCUT2D eigenvalue weighted by atomic mass is 10.2. The molecule has 0 unspecified atom stereocenters. The average Bonchev–Trinajstić information content (AvgIpc) is 2.61. The van der Waals surface area contributed by atoms with Crippen molar-refractivity contribution in [1.29, 1.82) is 0 Å². The van der Waals surface area contributed by atoms with E-state index < -0.39 is 0 Å². The molecule has 1 aliphatic heterocycles. The predicted octanol–water partition coefficient (Wildman–Crippen LogP) is 0.739. The molecule has 2 heterocycles. The van der Waals surface area contributed by atoms with Gasteiger partial charge in [-0.25, -0.2) is 4.98 Å². The monoisotopic (exact) mass is 312 g/mol.